The lowest BCUT2D eigenvalue weighted by Crippen LogP contribution is -2.36. The Morgan fingerprint density at radius 3 is 2.67 bits per heavy atom. The summed E-state index contributed by atoms with van der Waals surface area (Å²) in [5, 5.41) is 0. The fourth-order valence-electron chi connectivity index (χ4n) is 1.25. The summed E-state index contributed by atoms with van der Waals surface area (Å²) in [6.07, 6.45) is 2.37. The van der Waals surface area contributed by atoms with Gasteiger partial charge >= 0.3 is 0 Å². The van der Waals surface area contributed by atoms with Gasteiger partial charge in [-0.05, 0) is 26.7 Å². The topological polar surface area (TPSA) is 27.7 Å². The van der Waals surface area contributed by atoms with Gasteiger partial charge in [-0.25, -0.2) is 0 Å². The summed E-state index contributed by atoms with van der Waals surface area (Å²) in [6.45, 7) is 5.41. The summed E-state index contributed by atoms with van der Waals surface area (Å²) in [5.74, 6) is -0.481. The maximum Gasteiger partial charge on any atom is 0.162 e. The molecular weight excluding hydrogens is 156 g/mol. The second-order valence-corrected chi connectivity index (χ2v) is 3.56. The summed E-state index contributed by atoms with van der Waals surface area (Å²) >= 11 is 0. The lowest BCUT2D eigenvalue weighted by atomic mass is 10.1. The largest absolute Gasteiger partial charge is 0.379 e. The van der Waals surface area contributed by atoms with Crippen molar-refractivity contribution in [1.82, 2.24) is 0 Å². The predicted octanol–water partition coefficient (Wildman–Crippen LogP) is 1.56. The Bertz CT molecular complexity index is 128. The maximum absolute atomic E-state index is 5.68. The standard InChI is InChI=1S/C9H18O3/c1-9(2,10-3)12-8-5-4-6-11-7-8/h8H,4-7H2,1-3H3. The molecular formula is C9H18O3. The van der Waals surface area contributed by atoms with Crippen LogP contribution in [0.5, 0.6) is 0 Å². The molecule has 0 N–H and O–H groups in total. The van der Waals surface area contributed by atoms with Crippen LogP contribution in [0, 0.1) is 0 Å². The maximum atomic E-state index is 5.68. The van der Waals surface area contributed by atoms with Crippen LogP contribution in [0.15, 0.2) is 0 Å². The van der Waals surface area contributed by atoms with E-state index in [4.69, 9.17) is 14.2 Å². The molecule has 0 aromatic heterocycles. The van der Waals surface area contributed by atoms with Gasteiger partial charge in [0.25, 0.3) is 0 Å². The van der Waals surface area contributed by atoms with Crippen molar-refractivity contribution >= 4 is 0 Å². The van der Waals surface area contributed by atoms with Gasteiger partial charge in [0.05, 0.1) is 12.7 Å². The van der Waals surface area contributed by atoms with E-state index in [0.717, 1.165) is 19.4 Å². The van der Waals surface area contributed by atoms with Gasteiger partial charge in [-0.1, -0.05) is 0 Å². The molecule has 1 aliphatic heterocycles. The molecule has 0 spiro atoms. The highest BCUT2D eigenvalue weighted by Gasteiger charge is 2.24. The van der Waals surface area contributed by atoms with E-state index in [0.29, 0.717) is 6.61 Å². The first-order valence-electron chi connectivity index (χ1n) is 4.45. The molecule has 0 bridgehead atoms. The van der Waals surface area contributed by atoms with Crippen molar-refractivity contribution in [3.05, 3.63) is 0 Å². The Kier molecular flexibility index (Phi) is 3.50. The Balaban J connectivity index is 2.28. The Morgan fingerprint density at radius 2 is 2.17 bits per heavy atom. The number of hydrogen-bond acceptors (Lipinski definition) is 3. The highest BCUT2D eigenvalue weighted by atomic mass is 16.7. The molecule has 1 unspecified atom stereocenters. The monoisotopic (exact) mass is 174 g/mol. The fourth-order valence-corrected chi connectivity index (χ4v) is 1.25. The van der Waals surface area contributed by atoms with Crippen molar-refractivity contribution in [2.24, 2.45) is 0 Å². The van der Waals surface area contributed by atoms with Gasteiger partial charge in [-0.2, -0.15) is 0 Å². The highest BCUT2D eigenvalue weighted by molar-refractivity contribution is 4.65. The van der Waals surface area contributed by atoms with Crippen LogP contribution in [-0.4, -0.2) is 32.2 Å². The van der Waals surface area contributed by atoms with Crippen LogP contribution in [0.4, 0.5) is 0 Å². The minimum atomic E-state index is -0.481. The van der Waals surface area contributed by atoms with E-state index in [9.17, 15) is 0 Å². The van der Waals surface area contributed by atoms with Gasteiger partial charge in [0.1, 0.15) is 0 Å². The molecule has 1 heterocycles. The second kappa shape index (κ2) is 4.21. The number of hydrogen-bond donors (Lipinski definition) is 0. The zero-order chi connectivity index (χ0) is 9.03. The molecule has 0 saturated carbocycles. The van der Waals surface area contributed by atoms with E-state index in [-0.39, 0.29) is 6.10 Å². The quantitative estimate of drug-likeness (QED) is 0.608. The molecule has 0 aromatic rings. The van der Waals surface area contributed by atoms with Crippen LogP contribution >= 0.6 is 0 Å². The van der Waals surface area contributed by atoms with Gasteiger partial charge in [0.2, 0.25) is 0 Å². The molecule has 0 amide bonds. The minimum absolute atomic E-state index is 0.202. The predicted molar refractivity (Wildman–Crippen MR) is 46.0 cm³/mol. The van der Waals surface area contributed by atoms with Crippen LogP contribution in [0.1, 0.15) is 26.7 Å². The van der Waals surface area contributed by atoms with Gasteiger partial charge in [0.15, 0.2) is 5.79 Å². The molecule has 12 heavy (non-hydrogen) atoms. The molecule has 72 valence electrons. The number of ether oxygens (including phenoxy) is 3. The van der Waals surface area contributed by atoms with Crippen LogP contribution in [0.2, 0.25) is 0 Å². The van der Waals surface area contributed by atoms with E-state index in [1.807, 2.05) is 13.8 Å². The SMILES string of the molecule is COC(C)(C)OC1CCCOC1. The zero-order valence-corrected chi connectivity index (χ0v) is 8.13. The molecule has 1 rings (SSSR count). The summed E-state index contributed by atoms with van der Waals surface area (Å²) in [5.41, 5.74) is 0. The highest BCUT2D eigenvalue weighted by Crippen LogP contribution is 2.18. The molecule has 1 aliphatic rings. The summed E-state index contributed by atoms with van der Waals surface area (Å²) in [7, 11) is 1.66. The van der Waals surface area contributed by atoms with Crippen molar-refractivity contribution < 1.29 is 14.2 Å². The number of methoxy groups -OCH3 is 1. The smallest absolute Gasteiger partial charge is 0.162 e. The van der Waals surface area contributed by atoms with Crippen molar-refractivity contribution in [3.8, 4) is 0 Å². The third-order valence-electron chi connectivity index (χ3n) is 2.06. The number of rotatable bonds is 3. The zero-order valence-electron chi connectivity index (χ0n) is 8.13. The fraction of sp³-hybridized carbons (Fsp3) is 1.00. The van der Waals surface area contributed by atoms with Crippen LogP contribution < -0.4 is 0 Å². The average Bonchev–Trinajstić information content (AvgIpc) is 2.06. The normalized spacial score (nSPS) is 25.8. The first kappa shape index (κ1) is 9.96. The van der Waals surface area contributed by atoms with Crippen molar-refractivity contribution in [2.75, 3.05) is 20.3 Å². The van der Waals surface area contributed by atoms with Crippen LogP contribution in [0.3, 0.4) is 0 Å². The van der Waals surface area contributed by atoms with E-state index >= 15 is 0 Å². The van der Waals surface area contributed by atoms with E-state index in [1.165, 1.54) is 0 Å². The molecule has 1 saturated heterocycles. The molecule has 0 aromatic carbocycles. The van der Waals surface area contributed by atoms with Gasteiger partial charge in [-0.15, -0.1) is 0 Å². The van der Waals surface area contributed by atoms with Crippen molar-refractivity contribution in [2.45, 2.75) is 38.6 Å². The molecule has 0 aliphatic carbocycles. The van der Waals surface area contributed by atoms with Crippen molar-refractivity contribution in [1.29, 1.82) is 0 Å². The van der Waals surface area contributed by atoms with Gasteiger partial charge in [-0.3, -0.25) is 0 Å². The van der Waals surface area contributed by atoms with Crippen LogP contribution in [-0.2, 0) is 14.2 Å². The third-order valence-corrected chi connectivity index (χ3v) is 2.06. The first-order valence-corrected chi connectivity index (χ1v) is 4.45. The van der Waals surface area contributed by atoms with E-state index in [1.54, 1.807) is 7.11 Å². The lowest BCUT2D eigenvalue weighted by Gasteiger charge is -2.31. The summed E-state index contributed by atoms with van der Waals surface area (Å²) in [4.78, 5) is 0. The molecule has 0 radical (unpaired) electrons. The second-order valence-electron chi connectivity index (χ2n) is 3.56. The van der Waals surface area contributed by atoms with E-state index < -0.39 is 5.79 Å². The van der Waals surface area contributed by atoms with Gasteiger partial charge < -0.3 is 14.2 Å². The Labute approximate surface area is 74.0 Å². The van der Waals surface area contributed by atoms with Crippen molar-refractivity contribution in [3.63, 3.8) is 0 Å². The Morgan fingerprint density at radius 1 is 1.42 bits per heavy atom. The Hall–Kier alpha value is -0.120. The summed E-state index contributed by atoms with van der Waals surface area (Å²) < 4.78 is 16.1. The van der Waals surface area contributed by atoms with Gasteiger partial charge in [0, 0.05) is 13.7 Å². The first-order chi connectivity index (χ1) is 5.64. The molecule has 3 heteroatoms. The molecule has 1 fully saturated rings. The van der Waals surface area contributed by atoms with E-state index in [2.05, 4.69) is 0 Å². The minimum Gasteiger partial charge on any atom is -0.379 e. The lowest BCUT2D eigenvalue weighted by molar-refractivity contribution is -0.238. The third kappa shape index (κ3) is 3.09. The summed E-state index contributed by atoms with van der Waals surface area (Å²) in [6, 6.07) is 0. The molecule has 3 nitrogen and oxygen atoms in total. The molecule has 1 atom stereocenters. The average molecular weight is 174 g/mol. The van der Waals surface area contributed by atoms with Crippen LogP contribution in [0.25, 0.3) is 0 Å².